The Bertz CT molecular complexity index is 991. The van der Waals surface area contributed by atoms with Gasteiger partial charge in [-0.05, 0) is 16.3 Å². The van der Waals surface area contributed by atoms with Crippen molar-refractivity contribution in [2.75, 3.05) is 11.1 Å². The molecule has 1 N–H and O–H groups in total. The molecule has 6 nitrogen and oxygen atoms in total. The van der Waals surface area contributed by atoms with Crippen LogP contribution in [0.2, 0.25) is 0 Å². The first-order valence-corrected chi connectivity index (χ1v) is 9.79. The number of anilines is 1. The maximum atomic E-state index is 12.2. The fourth-order valence-corrected chi connectivity index (χ4v) is 4.30. The van der Waals surface area contributed by atoms with E-state index in [4.69, 9.17) is 0 Å². The molecule has 1 heterocycles. The summed E-state index contributed by atoms with van der Waals surface area (Å²) in [6, 6.07) is 13.6. The summed E-state index contributed by atoms with van der Waals surface area (Å²) in [6.07, 6.45) is 0.177. The molecule has 0 aliphatic rings. The highest BCUT2D eigenvalue weighted by Crippen LogP contribution is 2.22. The molecule has 0 unspecified atom stereocenters. The second kappa shape index (κ2) is 6.66. The average molecular weight is 361 g/mol. The molecule has 2 aromatic carbocycles. The number of carbonyl (C=O) groups is 1. The van der Waals surface area contributed by atoms with Gasteiger partial charge in [-0.25, -0.2) is 8.42 Å². The lowest BCUT2D eigenvalue weighted by molar-refractivity contribution is -0.115. The van der Waals surface area contributed by atoms with Gasteiger partial charge in [0.25, 0.3) is 0 Å². The first-order valence-electron chi connectivity index (χ1n) is 7.32. The Balaban J connectivity index is 1.76. The third kappa shape index (κ3) is 3.44. The van der Waals surface area contributed by atoms with E-state index in [9.17, 15) is 13.2 Å². The molecule has 0 radical (unpaired) electrons. The number of hydrogen-bond acceptors (Lipinski definition) is 6. The minimum Gasteiger partial charge on any atom is -0.300 e. The Hall–Kier alpha value is -2.32. The molecular weight excluding hydrogens is 346 g/mol. The number of benzene rings is 2. The Kier molecular flexibility index (Phi) is 4.59. The molecule has 0 fully saturated rings. The molecule has 3 aromatic rings. The Labute approximate surface area is 143 Å². The Morgan fingerprint density at radius 3 is 2.67 bits per heavy atom. The lowest BCUT2D eigenvalue weighted by Crippen LogP contribution is -2.14. The zero-order valence-electron chi connectivity index (χ0n) is 12.9. The van der Waals surface area contributed by atoms with Crippen molar-refractivity contribution in [3.8, 4) is 0 Å². The normalized spacial score (nSPS) is 11.5. The summed E-state index contributed by atoms with van der Waals surface area (Å²) in [5.74, 6) is -0.311. The van der Waals surface area contributed by atoms with Crippen LogP contribution in [0.5, 0.6) is 0 Å². The minimum atomic E-state index is -3.41. The molecule has 0 aliphatic carbocycles. The van der Waals surface area contributed by atoms with Gasteiger partial charge in [0.15, 0.2) is 0 Å². The van der Waals surface area contributed by atoms with Crippen LogP contribution < -0.4 is 5.32 Å². The summed E-state index contributed by atoms with van der Waals surface area (Å²) in [5, 5.41) is 12.2. The van der Waals surface area contributed by atoms with Crippen LogP contribution in [0.25, 0.3) is 10.8 Å². The van der Waals surface area contributed by atoms with Gasteiger partial charge in [-0.15, -0.1) is 10.2 Å². The largest absolute Gasteiger partial charge is 0.300 e. The van der Waals surface area contributed by atoms with Crippen LogP contribution in [0.15, 0.2) is 46.8 Å². The van der Waals surface area contributed by atoms with Crippen molar-refractivity contribution in [3.63, 3.8) is 0 Å². The molecule has 1 amide bonds. The van der Waals surface area contributed by atoms with Crippen LogP contribution in [0, 0.1) is 0 Å². The molecule has 0 aliphatic heterocycles. The number of carbonyl (C=O) groups excluding carboxylic acids is 1. The van der Waals surface area contributed by atoms with Gasteiger partial charge < -0.3 is 5.32 Å². The van der Waals surface area contributed by atoms with Crippen molar-refractivity contribution in [3.05, 3.63) is 48.0 Å². The topological polar surface area (TPSA) is 89.0 Å². The van der Waals surface area contributed by atoms with Crippen LogP contribution in [-0.2, 0) is 21.1 Å². The van der Waals surface area contributed by atoms with Crippen molar-refractivity contribution < 1.29 is 13.2 Å². The van der Waals surface area contributed by atoms with Crippen LogP contribution in [-0.4, -0.2) is 30.3 Å². The lowest BCUT2D eigenvalue weighted by atomic mass is 10.0. The summed E-state index contributed by atoms with van der Waals surface area (Å²) in [7, 11) is -3.41. The number of amides is 1. The highest BCUT2D eigenvalue weighted by atomic mass is 32.2. The molecule has 24 heavy (non-hydrogen) atoms. The molecule has 0 spiro atoms. The van der Waals surface area contributed by atoms with Gasteiger partial charge in [0, 0.05) is 0 Å². The highest BCUT2D eigenvalue weighted by molar-refractivity contribution is 7.93. The van der Waals surface area contributed by atoms with Gasteiger partial charge in [-0.1, -0.05) is 60.7 Å². The summed E-state index contributed by atoms with van der Waals surface area (Å²) < 4.78 is 23.4. The smallest absolute Gasteiger partial charge is 0.234 e. The Morgan fingerprint density at radius 1 is 1.12 bits per heavy atom. The van der Waals surface area contributed by atoms with Crippen molar-refractivity contribution >= 4 is 43.0 Å². The molecule has 124 valence electrons. The molecule has 0 atom stereocenters. The number of sulfone groups is 1. The van der Waals surface area contributed by atoms with Crippen molar-refractivity contribution in [1.29, 1.82) is 0 Å². The SMILES string of the molecule is CCS(=O)(=O)c1nnc(NC(=O)Cc2cccc3ccccc23)s1. The maximum Gasteiger partial charge on any atom is 0.234 e. The standard InChI is InChI=1S/C16H15N3O3S2/c1-2-24(21,22)16-19-18-15(23-16)17-14(20)10-12-8-5-7-11-6-3-4-9-13(11)12/h3-9H,2,10H2,1H3,(H,17,18,20). The van der Waals surface area contributed by atoms with E-state index in [1.807, 2.05) is 42.5 Å². The summed E-state index contributed by atoms with van der Waals surface area (Å²) in [6.45, 7) is 1.54. The number of fused-ring (bicyclic) bond motifs is 1. The second-order valence-corrected chi connectivity index (χ2v) is 8.57. The summed E-state index contributed by atoms with van der Waals surface area (Å²) >= 11 is 0.865. The molecular formula is C16H15N3O3S2. The van der Waals surface area contributed by atoms with Crippen molar-refractivity contribution in [1.82, 2.24) is 10.2 Å². The van der Waals surface area contributed by atoms with Gasteiger partial charge in [0.2, 0.25) is 25.2 Å². The van der Waals surface area contributed by atoms with Gasteiger partial charge in [-0.2, -0.15) is 0 Å². The average Bonchev–Trinajstić information content (AvgIpc) is 3.04. The summed E-state index contributed by atoms with van der Waals surface area (Å²) in [4.78, 5) is 12.2. The van der Waals surface area contributed by atoms with E-state index in [-0.39, 0.29) is 27.6 Å². The predicted octanol–water partition coefficient (Wildman–Crippen LogP) is 2.67. The van der Waals surface area contributed by atoms with E-state index < -0.39 is 9.84 Å². The van der Waals surface area contributed by atoms with Crippen LogP contribution in [0.3, 0.4) is 0 Å². The maximum absolute atomic E-state index is 12.2. The van der Waals surface area contributed by atoms with E-state index in [1.54, 1.807) is 0 Å². The van der Waals surface area contributed by atoms with Gasteiger partial charge in [-0.3, -0.25) is 4.79 Å². The zero-order valence-corrected chi connectivity index (χ0v) is 14.5. The molecule has 0 saturated heterocycles. The zero-order chi connectivity index (χ0) is 17.2. The van der Waals surface area contributed by atoms with E-state index in [0.29, 0.717) is 0 Å². The number of hydrogen-bond donors (Lipinski definition) is 1. The van der Waals surface area contributed by atoms with E-state index in [1.165, 1.54) is 6.92 Å². The van der Waals surface area contributed by atoms with E-state index in [2.05, 4.69) is 15.5 Å². The summed E-state index contributed by atoms with van der Waals surface area (Å²) in [5.41, 5.74) is 0.900. The fourth-order valence-electron chi connectivity index (χ4n) is 2.29. The molecule has 0 bridgehead atoms. The second-order valence-electron chi connectivity index (χ2n) is 5.14. The van der Waals surface area contributed by atoms with Crippen LogP contribution >= 0.6 is 11.3 Å². The quantitative estimate of drug-likeness (QED) is 0.706. The van der Waals surface area contributed by atoms with Gasteiger partial charge in [0.05, 0.1) is 12.2 Å². The first kappa shape index (κ1) is 16.5. The fraction of sp³-hybridized carbons (Fsp3) is 0.188. The van der Waals surface area contributed by atoms with Crippen LogP contribution in [0.4, 0.5) is 5.13 Å². The van der Waals surface area contributed by atoms with Crippen molar-refractivity contribution in [2.24, 2.45) is 0 Å². The number of aromatic nitrogens is 2. The molecule has 3 rings (SSSR count). The predicted molar refractivity (Wildman–Crippen MR) is 93.9 cm³/mol. The molecule has 1 aromatic heterocycles. The van der Waals surface area contributed by atoms with Crippen molar-refractivity contribution in [2.45, 2.75) is 17.7 Å². The van der Waals surface area contributed by atoms with Gasteiger partial charge in [0.1, 0.15) is 0 Å². The number of nitrogens with zero attached hydrogens (tertiary/aromatic N) is 2. The Morgan fingerprint density at radius 2 is 1.88 bits per heavy atom. The minimum absolute atomic E-state index is 0.0500. The molecule has 0 saturated carbocycles. The number of rotatable bonds is 5. The molecule has 8 heteroatoms. The first-order chi connectivity index (χ1) is 11.5. The lowest BCUT2D eigenvalue weighted by Gasteiger charge is -2.06. The monoisotopic (exact) mass is 361 g/mol. The van der Waals surface area contributed by atoms with Gasteiger partial charge >= 0.3 is 0 Å². The highest BCUT2D eigenvalue weighted by Gasteiger charge is 2.19. The third-order valence-electron chi connectivity index (χ3n) is 3.53. The third-order valence-corrected chi connectivity index (χ3v) is 6.55. The van der Waals surface area contributed by atoms with E-state index >= 15 is 0 Å². The van der Waals surface area contributed by atoms with E-state index in [0.717, 1.165) is 27.7 Å². The number of nitrogens with one attached hydrogen (secondary N) is 1. The van der Waals surface area contributed by atoms with Crippen LogP contribution in [0.1, 0.15) is 12.5 Å².